The monoisotopic (exact) mass is 486 g/mol. The van der Waals surface area contributed by atoms with E-state index in [9.17, 15) is 9.59 Å². The number of H-pyrrole nitrogens is 1. The van der Waals surface area contributed by atoms with E-state index in [0.29, 0.717) is 19.1 Å². The first-order chi connectivity index (χ1) is 17.3. The molecule has 1 fully saturated rings. The second kappa shape index (κ2) is 9.81. The Morgan fingerprint density at radius 1 is 1.28 bits per heavy atom. The van der Waals surface area contributed by atoms with Crippen LogP contribution in [0, 0.1) is 18.3 Å². The Balaban J connectivity index is 1.52. The SMILES string of the molecule is CCC(C)(C)C(CC=O)C(=O)N1CCc2cc(-c3cnc4[nH]cc(C)c4c3)cc(C3CCCN3)c2C1. The van der Waals surface area contributed by atoms with Gasteiger partial charge in [-0.1, -0.05) is 33.3 Å². The maximum absolute atomic E-state index is 13.7. The van der Waals surface area contributed by atoms with E-state index in [1.165, 1.54) is 27.8 Å². The number of aryl methyl sites for hydroxylation is 1. The zero-order valence-corrected chi connectivity index (χ0v) is 22.0. The van der Waals surface area contributed by atoms with Crippen LogP contribution in [0.5, 0.6) is 0 Å². The number of nitrogens with one attached hydrogen (secondary N) is 2. The third-order valence-corrected chi connectivity index (χ3v) is 8.68. The summed E-state index contributed by atoms with van der Waals surface area (Å²) in [5, 5.41) is 4.84. The van der Waals surface area contributed by atoms with Crippen molar-refractivity contribution >= 4 is 23.2 Å². The first-order valence-corrected chi connectivity index (χ1v) is 13.4. The molecule has 2 atom stereocenters. The molecule has 1 saturated heterocycles. The van der Waals surface area contributed by atoms with Gasteiger partial charge < -0.3 is 20.0 Å². The fraction of sp³-hybridized carbons (Fsp3) is 0.500. The molecule has 1 aromatic carbocycles. The summed E-state index contributed by atoms with van der Waals surface area (Å²) in [7, 11) is 0. The molecular formula is C30H38N4O2. The van der Waals surface area contributed by atoms with Crippen molar-refractivity contribution in [2.75, 3.05) is 13.1 Å². The minimum Gasteiger partial charge on any atom is -0.346 e. The predicted molar refractivity (Wildman–Crippen MR) is 144 cm³/mol. The quantitative estimate of drug-likeness (QED) is 0.433. The van der Waals surface area contributed by atoms with Crippen LogP contribution in [0.15, 0.2) is 30.6 Å². The van der Waals surface area contributed by atoms with Crippen LogP contribution in [0.4, 0.5) is 0 Å². The number of carbonyl (C=O) groups is 2. The number of pyridine rings is 1. The summed E-state index contributed by atoms with van der Waals surface area (Å²) in [4.78, 5) is 35.1. The molecule has 0 saturated carbocycles. The second-order valence-electron chi connectivity index (χ2n) is 11.3. The van der Waals surface area contributed by atoms with Crippen molar-refractivity contribution in [3.05, 3.63) is 52.8 Å². The van der Waals surface area contributed by atoms with Crippen LogP contribution in [-0.4, -0.2) is 40.2 Å². The van der Waals surface area contributed by atoms with Crippen molar-refractivity contribution < 1.29 is 9.59 Å². The Kier molecular flexibility index (Phi) is 6.73. The summed E-state index contributed by atoms with van der Waals surface area (Å²) < 4.78 is 0. The highest BCUT2D eigenvalue weighted by atomic mass is 16.2. The maximum Gasteiger partial charge on any atom is 0.226 e. The molecule has 1 amide bonds. The summed E-state index contributed by atoms with van der Waals surface area (Å²) in [6.45, 7) is 10.7. The lowest BCUT2D eigenvalue weighted by Gasteiger charge is -2.38. The van der Waals surface area contributed by atoms with E-state index in [2.05, 4.69) is 61.2 Å². The molecule has 0 bridgehead atoms. The molecule has 0 spiro atoms. The van der Waals surface area contributed by atoms with E-state index in [1.807, 2.05) is 17.3 Å². The molecule has 6 heteroatoms. The predicted octanol–water partition coefficient (Wildman–Crippen LogP) is 5.49. The van der Waals surface area contributed by atoms with Gasteiger partial charge in [0.25, 0.3) is 0 Å². The van der Waals surface area contributed by atoms with Gasteiger partial charge in [-0.3, -0.25) is 4.79 Å². The largest absolute Gasteiger partial charge is 0.346 e. The molecule has 5 rings (SSSR count). The van der Waals surface area contributed by atoms with E-state index >= 15 is 0 Å². The van der Waals surface area contributed by atoms with E-state index in [0.717, 1.165) is 55.1 Å². The Hall–Kier alpha value is -2.99. The number of amides is 1. The summed E-state index contributed by atoms with van der Waals surface area (Å²) in [5.41, 5.74) is 8.14. The molecule has 2 aromatic heterocycles. The lowest BCUT2D eigenvalue weighted by atomic mass is 9.74. The van der Waals surface area contributed by atoms with Crippen molar-refractivity contribution in [1.29, 1.82) is 0 Å². The van der Waals surface area contributed by atoms with Gasteiger partial charge >= 0.3 is 0 Å². The molecule has 3 aromatic rings. The molecule has 2 aliphatic rings. The number of aromatic nitrogens is 2. The molecule has 2 unspecified atom stereocenters. The third-order valence-electron chi connectivity index (χ3n) is 8.68. The number of carbonyl (C=O) groups excluding carboxylic acids is 2. The summed E-state index contributed by atoms with van der Waals surface area (Å²) in [6.07, 6.45) is 9.12. The van der Waals surface area contributed by atoms with Crippen LogP contribution in [0.3, 0.4) is 0 Å². The fourth-order valence-corrected chi connectivity index (χ4v) is 5.92. The van der Waals surface area contributed by atoms with E-state index in [4.69, 9.17) is 0 Å². The van der Waals surface area contributed by atoms with Crippen LogP contribution in [0.1, 0.15) is 74.8 Å². The van der Waals surface area contributed by atoms with Crippen LogP contribution in [0.2, 0.25) is 0 Å². The zero-order chi connectivity index (χ0) is 25.4. The Labute approximate surface area is 213 Å². The number of rotatable bonds is 7. The van der Waals surface area contributed by atoms with Crippen LogP contribution < -0.4 is 5.32 Å². The van der Waals surface area contributed by atoms with Crippen LogP contribution in [0.25, 0.3) is 22.2 Å². The highest BCUT2D eigenvalue weighted by molar-refractivity contribution is 5.85. The minimum atomic E-state index is -0.281. The van der Waals surface area contributed by atoms with Gasteiger partial charge in [0, 0.05) is 54.8 Å². The molecule has 190 valence electrons. The Morgan fingerprint density at radius 2 is 2.11 bits per heavy atom. The van der Waals surface area contributed by atoms with Crippen molar-refractivity contribution in [2.45, 2.75) is 72.4 Å². The third kappa shape index (κ3) is 4.47. The number of hydrogen-bond acceptors (Lipinski definition) is 4. The highest BCUT2D eigenvalue weighted by Gasteiger charge is 2.37. The van der Waals surface area contributed by atoms with Crippen molar-refractivity contribution in [2.24, 2.45) is 11.3 Å². The fourth-order valence-electron chi connectivity index (χ4n) is 5.92. The van der Waals surface area contributed by atoms with Crippen molar-refractivity contribution in [3.8, 4) is 11.1 Å². The number of hydrogen-bond donors (Lipinski definition) is 2. The summed E-state index contributed by atoms with van der Waals surface area (Å²) in [6, 6.07) is 7.16. The van der Waals surface area contributed by atoms with Crippen molar-refractivity contribution in [3.63, 3.8) is 0 Å². The van der Waals surface area contributed by atoms with Gasteiger partial charge in [-0.05, 0) is 78.1 Å². The maximum atomic E-state index is 13.7. The van der Waals surface area contributed by atoms with E-state index in [1.54, 1.807) is 0 Å². The van der Waals surface area contributed by atoms with Crippen LogP contribution >= 0.6 is 0 Å². The molecule has 0 radical (unpaired) electrons. The highest BCUT2D eigenvalue weighted by Crippen LogP contribution is 2.39. The standard InChI is InChI=1S/C30H38N4O2/c1-5-30(3,4)26(9-12-35)29(36)34-11-8-20-13-21(14-24(25(20)18-34)27-7-6-10-31-27)22-15-23-19(2)16-32-28(23)33-17-22/h12-17,26-27,31H,5-11,18H2,1-4H3,(H,32,33). The molecule has 2 N–H and O–H groups in total. The van der Waals surface area contributed by atoms with Gasteiger partial charge in [-0.25, -0.2) is 4.98 Å². The Morgan fingerprint density at radius 3 is 2.83 bits per heavy atom. The molecular weight excluding hydrogens is 448 g/mol. The first-order valence-electron chi connectivity index (χ1n) is 13.4. The van der Waals surface area contributed by atoms with Gasteiger partial charge in [0.2, 0.25) is 5.91 Å². The van der Waals surface area contributed by atoms with Gasteiger partial charge in [0.15, 0.2) is 0 Å². The second-order valence-corrected chi connectivity index (χ2v) is 11.3. The number of nitrogens with zero attached hydrogens (tertiary/aromatic N) is 2. The molecule has 0 aliphatic carbocycles. The van der Waals surface area contributed by atoms with E-state index in [-0.39, 0.29) is 23.7 Å². The topological polar surface area (TPSA) is 78.1 Å². The average Bonchev–Trinajstić information content (AvgIpc) is 3.56. The van der Waals surface area contributed by atoms with Gasteiger partial charge in [-0.2, -0.15) is 0 Å². The molecule has 36 heavy (non-hydrogen) atoms. The lowest BCUT2D eigenvalue weighted by Crippen LogP contribution is -2.45. The number of fused-ring (bicyclic) bond motifs is 2. The molecule has 2 aliphatic heterocycles. The van der Waals surface area contributed by atoms with Crippen molar-refractivity contribution in [1.82, 2.24) is 20.2 Å². The number of benzene rings is 1. The number of aldehydes is 1. The van der Waals surface area contributed by atoms with Crippen LogP contribution in [-0.2, 0) is 22.6 Å². The molecule has 6 nitrogen and oxygen atoms in total. The van der Waals surface area contributed by atoms with Gasteiger partial charge in [-0.15, -0.1) is 0 Å². The molecule has 4 heterocycles. The normalized spacial score (nSPS) is 18.9. The smallest absolute Gasteiger partial charge is 0.226 e. The average molecular weight is 487 g/mol. The zero-order valence-electron chi connectivity index (χ0n) is 22.0. The lowest BCUT2D eigenvalue weighted by molar-refractivity contribution is -0.142. The summed E-state index contributed by atoms with van der Waals surface area (Å²) >= 11 is 0. The minimum absolute atomic E-state index is 0.117. The first kappa shape index (κ1) is 24.7. The summed E-state index contributed by atoms with van der Waals surface area (Å²) in [5.74, 6) is -0.164. The van der Waals surface area contributed by atoms with Gasteiger partial charge in [0.1, 0.15) is 11.9 Å². The Bertz CT molecular complexity index is 1290. The van der Waals surface area contributed by atoms with Gasteiger partial charge in [0.05, 0.1) is 0 Å². The van der Waals surface area contributed by atoms with E-state index < -0.39 is 0 Å². The number of aromatic amines is 1.